The fraction of sp³-hybridized carbons (Fsp3) is 0.500. The molecule has 0 radical (unpaired) electrons. The number of nitro benzene ring substituents is 1. The first-order chi connectivity index (χ1) is 11.8. The van der Waals surface area contributed by atoms with E-state index in [-0.39, 0.29) is 24.2 Å². The van der Waals surface area contributed by atoms with Crippen LogP contribution in [0.15, 0.2) is 18.2 Å². The van der Waals surface area contributed by atoms with Gasteiger partial charge in [0.1, 0.15) is 0 Å². The van der Waals surface area contributed by atoms with E-state index < -0.39 is 10.9 Å². The second-order valence-corrected chi connectivity index (χ2v) is 6.09. The van der Waals surface area contributed by atoms with Crippen LogP contribution in [-0.4, -0.2) is 77.6 Å². The number of morpholine rings is 1. The number of carbonyl (C=O) groups excluding carboxylic acids is 1. The molecule has 1 atom stereocenters. The molecule has 1 unspecified atom stereocenters. The van der Waals surface area contributed by atoms with Crippen molar-refractivity contribution in [1.82, 2.24) is 9.80 Å². The molecule has 1 aliphatic heterocycles. The summed E-state index contributed by atoms with van der Waals surface area (Å²) in [5.41, 5.74) is 0.916. The number of aryl methyl sites for hydroxylation is 1. The number of non-ortho nitro benzene ring substituents is 1. The van der Waals surface area contributed by atoms with Crippen LogP contribution in [0.4, 0.5) is 5.69 Å². The van der Waals surface area contributed by atoms with Crippen LogP contribution < -0.4 is 0 Å². The quantitative estimate of drug-likeness (QED) is 0.594. The number of carboxylic acids is 1. The lowest BCUT2D eigenvalue weighted by atomic mass is 10.1. The predicted octanol–water partition coefficient (Wildman–Crippen LogP) is 0.761. The molecular formula is C16H21N3O6. The number of aliphatic carboxylic acids is 1. The molecule has 0 spiro atoms. The molecule has 0 aliphatic carbocycles. The predicted molar refractivity (Wildman–Crippen MR) is 88.6 cm³/mol. The molecule has 9 nitrogen and oxygen atoms in total. The molecule has 1 aromatic carbocycles. The minimum Gasteiger partial charge on any atom is -0.480 e. The summed E-state index contributed by atoms with van der Waals surface area (Å²) in [4.78, 5) is 37.0. The van der Waals surface area contributed by atoms with E-state index in [1.165, 1.54) is 18.2 Å². The molecule has 1 N–H and O–H groups in total. The third kappa shape index (κ3) is 4.97. The summed E-state index contributed by atoms with van der Waals surface area (Å²) in [5.74, 6) is -1.13. The first-order valence-electron chi connectivity index (χ1n) is 7.84. The van der Waals surface area contributed by atoms with E-state index >= 15 is 0 Å². The highest BCUT2D eigenvalue weighted by Gasteiger charge is 2.27. The van der Waals surface area contributed by atoms with Crippen molar-refractivity contribution in [3.05, 3.63) is 39.4 Å². The van der Waals surface area contributed by atoms with Crippen molar-refractivity contribution in [2.24, 2.45) is 0 Å². The fourth-order valence-electron chi connectivity index (χ4n) is 2.83. The second-order valence-electron chi connectivity index (χ2n) is 6.09. The average Bonchev–Trinajstić information content (AvgIpc) is 2.53. The molecule has 1 amide bonds. The molecule has 0 bridgehead atoms. The van der Waals surface area contributed by atoms with Crippen LogP contribution in [0.25, 0.3) is 0 Å². The number of ether oxygens (including phenoxy) is 1. The largest absolute Gasteiger partial charge is 0.480 e. The number of hydrogen-bond acceptors (Lipinski definition) is 6. The summed E-state index contributed by atoms with van der Waals surface area (Å²) in [6, 6.07) is 4.17. The molecule has 25 heavy (non-hydrogen) atoms. The van der Waals surface area contributed by atoms with E-state index in [2.05, 4.69) is 0 Å². The Kier molecular flexibility index (Phi) is 6.05. The monoisotopic (exact) mass is 351 g/mol. The van der Waals surface area contributed by atoms with Gasteiger partial charge < -0.3 is 14.7 Å². The number of carboxylic acid groups (broad SMARTS) is 1. The Bertz CT molecular complexity index is 678. The lowest BCUT2D eigenvalue weighted by Crippen LogP contribution is -2.49. The number of nitro groups is 1. The zero-order chi connectivity index (χ0) is 18.6. The zero-order valence-electron chi connectivity index (χ0n) is 14.2. The lowest BCUT2D eigenvalue weighted by molar-refractivity contribution is -0.384. The van der Waals surface area contributed by atoms with Gasteiger partial charge >= 0.3 is 5.97 Å². The number of carbonyl (C=O) groups is 2. The first-order valence-corrected chi connectivity index (χ1v) is 7.84. The number of likely N-dealkylation sites (N-methyl/N-ethyl adjacent to an activating group) is 1. The Labute approximate surface area is 144 Å². The van der Waals surface area contributed by atoms with E-state index in [0.29, 0.717) is 37.4 Å². The maximum absolute atomic E-state index is 12.7. The highest BCUT2D eigenvalue weighted by molar-refractivity contribution is 5.96. The Hall–Kier alpha value is -2.52. The van der Waals surface area contributed by atoms with Crippen LogP contribution in [-0.2, 0) is 9.53 Å². The Morgan fingerprint density at radius 1 is 1.48 bits per heavy atom. The Morgan fingerprint density at radius 3 is 2.80 bits per heavy atom. The van der Waals surface area contributed by atoms with Gasteiger partial charge in [-0.3, -0.25) is 24.6 Å². The Balaban J connectivity index is 2.04. The number of rotatable bonds is 6. The molecule has 1 aromatic rings. The molecule has 2 rings (SSSR count). The van der Waals surface area contributed by atoms with E-state index in [1.54, 1.807) is 23.8 Å². The van der Waals surface area contributed by atoms with Crippen LogP contribution in [0, 0.1) is 17.0 Å². The summed E-state index contributed by atoms with van der Waals surface area (Å²) in [6.07, 6.45) is -0.277. The lowest BCUT2D eigenvalue weighted by Gasteiger charge is -2.34. The third-order valence-electron chi connectivity index (χ3n) is 4.00. The van der Waals surface area contributed by atoms with Gasteiger partial charge in [-0.15, -0.1) is 0 Å². The van der Waals surface area contributed by atoms with Gasteiger partial charge in [0, 0.05) is 37.3 Å². The normalized spacial score (nSPS) is 17.6. The third-order valence-corrected chi connectivity index (χ3v) is 4.00. The van der Waals surface area contributed by atoms with Gasteiger partial charge in [-0.1, -0.05) is 0 Å². The first kappa shape index (κ1) is 18.8. The SMILES string of the molecule is Cc1cc([N+](=O)[O-])ccc1C(=O)N1CCOC(CN(C)CC(=O)O)C1. The van der Waals surface area contributed by atoms with Gasteiger partial charge in [0.05, 0.1) is 24.2 Å². The van der Waals surface area contributed by atoms with Crippen LogP contribution in [0.5, 0.6) is 0 Å². The van der Waals surface area contributed by atoms with Crippen molar-refractivity contribution >= 4 is 17.6 Å². The molecule has 1 heterocycles. The molecule has 1 saturated heterocycles. The minimum absolute atomic E-state index is 0.0517. The Morgan fingerprint density at radius 2 is 2.20 bits per heavy atom. The number of hydrogen-bond donors (Lipinski definition) is 1. The van der Waals surface area contributed by atoms with Crippen LogP contribution in [0.1, 0.15) is 15.9 Å². The highest BCUT2D eigenvalue weighted by atomic mass is 16.6. The number of amides is 1. The van der Waals surface area contributed by atoms with Gasteiger partial charge in [0.2, 0.25) is 0 Å². The maximum Gasteiger partial charge on any atom is 0.317 e. The number of nitrogens with zero attached hydrogens (tertiary/aromatic N) is 3. The van der Waals surface area contributed by atoms with Crippen molar-refractivity contribution in [3.8, 4) is 0 Å². The van der Waals surface area contributed by atoms with Gasteiger partial charge in [0.15, 0.2) is 0 Å². The van der Waals surface area contributed by atoms with E-state index in [0.717, 1.165) is 0 Å². The summed E-state index contributed by atoms with van der Waals surface area (Å²) >= 11 is 0. The smallest absolute Gasteiger partial charge is 0.317 e. The van der Waals surface area contributed by atoms with Crippen molar-refractivity contribution in [2.45, 2.75) is 13.0 Å². The summed E-state index contributed by atoms with van der Waals surface area (Å²) in [5, 5.41) is 19.6. The highest BCUT2D eigenvalue weighted by Crippen LogP contribution is 2.20. The van der Waals surface area contributed by atoms with E-state index in [1.807, 2.05) is 0 Å². The average molecular weight is 351 g/mol. The summed E-state index contributed by atoms with van der Waals surface area (Å²) in [7, 11) is 1.68. The standard InChI is InChI=1S/C16H21N3O6/c1-11-7-12(19(23)24)3-4-14(11)16(22)18-5-6-25-13(9-18)8-17(2)10-15(20)21/h3-4,7,13H,5-6,8-10H2,1-2H3,(H,20,21). The zero-order valence-corrected chi connectivity index (χ0v) is 14.2. The van der Waals surface area contributed by atoms with Crippen LogP contribution in [0.2, 0.25) is 0 Å². The molecular weight excluding hydrogens is 330 g/mol. The van der Waals surface area contributed by atoms with Crippen molar-refractivity contribution in [3.63, 3.8) is 0 Å². The van der Waals surface area contributed by atoms with Gasteiger partial charge in [-0.05, 0) is 25.6 Å². The van der Waals surface area contributed by atoms with Gasteiger partial charge in [-0.25, -0.2) is 0 Å². The molecule has 136 valence electrons. The number of benzene rings is 1. The van der Waals surface area contributed by atoms with Crippen molar-refractivity contribution in [1.29, 1.82) is 0 Å². The molecule has 9 heteroatoms. The van der Waals surface area contributed by atoms with Crippen molar-refractivity contribution in [2.75, 3.05) is 39.8 Å². The van der Waals surface area contributed by atoms with Crippen LogP contribution in [0.3, 0.4) is 0 Å². The molecule has 0 aromatic heterocycles. The van der Waals surface area contributed by atoms with E-state index in [9.17, 15) is 19.7 Å². The van der Waals surface area contributed by atoms with Crippen LogP contribution >= 0.6 is 0 Å². The fourth-order valence-corrected chi connectivity index (χ4v) is 2.83. The van der Waals surface area contributed by atoms with E-state index in [4.69, 9.17) is 9.84 Å². The van der Waals surface area contributed by atoms with Gasteiger partial charge in [-0.2, -0.15) is 0 Å². The molecule has 1 aliphatic rings. The van der Waals surface area contributed by atoms with Gasteiger partial charge in [0.25, 0.3) is 11.6 Å². The maximum atomic E-state index is 12.7. The van der Waals surface area contributed by atoms with Crippen molar-refractivity contribution < 1.29 is 24.4 Å². The molecule has 0 saturated carbocycles. The topological polar surface area (TPSA) is 113 Å². The molecule has 1 fully saturated rings. The second kappa shape index (κ2) is 8.04. The minimum atomic E-state index is -0.923. The summed E-state index contributed by atoms with van der Waals surface area (Å²) in [6.45, 7) is 3.10. The summed E-state index contributed by atoms with van der Waals surface area (Å²) < 4.78 is 5.61.